The summed E-state index contributed by atoms with van der Waals surface area (Å²) in [4.78, 5) is 15.6. The second-order valence-corrected chi connectivity index (χ2v) is 6.33. The summed E-state index contributed by atoms with van der Waals surface area (Å²) in [5.74, 6) is 0.0637. The average Bonchev–Trinajstić information content (AvgIpc) is 3.10. The van der Waals surface area contributed by atoms with Gasteiger partial charge in [-0.3, -0.25) is 4.79 Å². The number of fused-ring (bicyclic) bond motifs is 1. The summed E-state index contributed by atoms with van der Waals surface area (Å²) < 4.78 is 5.65. The molecule has 3 rings (SSSR count). The number of nitrogens with zero attached hydrogens (tertiary/aromatic N) is 1. The number of aliphatic hydroxyl groups excluding tert-OH is 1. The first-order valence-corrected chi connectivity index (χ1v) is 8.57. The van der Waals surface area contributed by atoms with E-state index in [1.807, 2.05) is 44.2 Å². The first-order valence-electron chi connectivity index (χ1n) is 8.57. The van der Waals surface area contributed by atoms with Gasteiger partial charge in [0.2, 0.25) is 5.90 Å². The molecule has 6 nitrogen and oxygen atoms in total. The van der Waals surface area contributed by atoms with Gasteiger partial charge < -0.3 is 14.8 Å². The Morgan fingerprint density at radius 2 is 2.08 bits per heavy atom. The van der Waals surface area contributed by atoms with Crippen LogP contribution in [0.1, 0.15) is 37.9 Å². The molecule has 1 amide bonds. The molecule has 0 fully saturated rings. The molecule has 1 aromatic heterocycles. The number of unbranched alkanes of at least 4 members (excludes halogenated alkanes) is 1. The minimum Gasteiger partial charge on any atom is -0.473 e. The number of aromatic nitrogens is 1. The highest BCUT2D eigenvalue weighted by atomic mass is 16.5. The predicted octanol–water partition coefficient (Wildman–Crippen LogP) is 2.73. The number of rotatable bonds is 6. The topological polar surface area (TPSA) is 86.7 Å². The molecule has 1 aliphatic heterocycles. The lowest BCUT2D eigenvalue weighted by Gasteiger charge is -2.09. The van der Waals surface area contributed by atoms with Crippen LogP contribution in [-0.4, -0.2) is 34.6 Å². The SMILES string of the molecule is CC(C)OC1=NNC(=O)C1=Cc1c(CCCCO)[nH]c2ccccc12. The minimum atomic E-state index is -0.262. The van der Waals surface area contributed by atoms with E-state index in [-0.39, 0.29) is 18.6 Å². The van der Waals surface area contributed by atoms with Crippen LogP contribution >= 0.6 is 0 Å². The molecule has 0 saturated heterocycles. The second kappa shape index (κ2) is 7.53. The van der Waals surface area contributed by atoms with E-state index in [1.54, 1.807) is 0 Å². The van der Waals surface area contributed by atoms with Crippen LogP contribution in [0, 0.1) is 0 Å². The van der Waals surface area contributed by atoms with Gasteiger partial charge in [0.15, 0.2) is 0 Å². The number of hydrazone groups is 1. The lowest BCUT2D eigenvalue weighted by atomic mass is 10.0. The van der Waals surface area contributed by atoms with Gasteiger partial charge in [0.25, 0.3) is 5.91 Å². The van der Waals surface area contributed by atoms with Crippen molar-refractivity contribution in [3.63, 3.8) is 0 Å². The first kappa shape index (κ1) is 17.2. The number of amides is 1. The molecule has 0 bridgehead atoms. The van der Waals surface area contributed by atoms with Gasteiger partial charge in [-0.15, -0.1) is 5.10 Å². The fourth-order valence-corrected chi connectivity index (χ4v) is 2.90. The number of H-pyrrole nitrogens is 1. The van der Waals surface area contributed by atoms with Gasteiger partial charge >= 0.3 is 0 Å². The summed E-state index contributed by atoms with van der Waals surface area (Å²) in [6.07, 6.45) is 4.19. The maximum atomic E-state index is 12.2. The maximum absolute atomic E-state index is 12.2. The molecule has 0 unspecified atom stereocenters. The highest BCUT2D eigenvalue weighted by molar-refractivity contribution is 6.25. The van der Waals surface area contributed by atoms with Crippen molar-refractivity contribution in [2.45, 2.75) is 39.2 Å². The van der Waals surface area contributed by atoms with E-state index in [2.05, 4.69) is 15.5 Å². The van der Waals surface area contributed by atoms with Crippen LogP contribution < -0.4 is 5.43 Å². The summed E-state index contributed by atoms with van der Waals surface area (Å²) in [7, 11) is 0. The van der Waals surface area contributed by atoms with Crippen molar-refractivity contribution >= 4 is 28.8 Å². The van der Waals surface area contributed by atoms with Crippen LogP contribution in [0.25, 0.3) is 17.0 Å². The Labute approximate surface area is 146 Å². The molecule has 0 atom stereocenters. The number of para-hydroxylation sites is 1. The molecule has 2 heterocycles. The lowest BCUT2D eigenvalue weighted by molar-refractivity contribution is -0.116. The van der Waals surface area contributed by atoms with Gasteiger partial charge in [0.1, 0.15) is 5.57 Å². The molecule has 25 heavy (non-hydrogen) atoms. The molecule has 1 aromatic carbocycles. The number of benzene rings is 1. The molecular formula is C19H23N3O3. The van der Waals surface area contributed by atoms with Gasteiger partial charge in [-0.1, -0.05) is 18.2 Å². The zero-order valence-electron chi connectivity index (χ0n) is 14.5. The van der Waals surface area contributed by atoms with E-state index in [4.69, 9.17) is 9.84 Å². The Kier molecular flexibility index (Phi) is 5.19. The molecule has 1 aliphatic rings. The maximum Gasteiger partial charge on any atom is 0.277 e. The van der Waals surface area contributed by atoms with Crippen LogP contribution in [0.15, 0.2) is 34.9 Å². The Balaban J connectivity index is 2.02. The predicted molar refractivity (Wildman–Crippen MR) is 98.1 cm³/mol. The molecule has 0 spiro atoms. The van der Waals surface area contributed by atoms with Crippen LogP contribution in [0.2, 0.25) is 0 Å². The first-order chi connectivity index (χ1) is 12.1. The van der Waals surface area contributed by atoms with Gasteiger partial charge in [0.05, 0.1) is 6.10 Å². The Morgan fingerprint density at radius 3 is 2.84 bits per heavy atom. The van der Waals surface area contributed by atoms with E-state index in [9.17, 15) is 4.79 Å². The molecule has 2 aromatic rings. The number of nitrogens with one attached hydrogen (secondary N) is 2. The molecule has 0 radical (unpaired) electrons. The smallest absolute Gasteiger partial charge is 0.277 e. The Hall–Kier alpha value is -2.60. The monoisotopic (exact) mass is 341 g/mol. The summed E-state index contributed by atoms with van der Waals surface area (Å²) >= 11 is 0. The van der Waals surface area contributed by atoms with E-state index in [0.29, 0.717) is 11.5 Å². The molecule has 3 N–H and O–H groups in total. The van der Waals surface area contributed by atoms with Crippen LogP contribution in [-0.2, 0) is 16.0 Å². The summed E-state index contributed by atoms with van der Waals surface area (Å²) in [6, 6.07) is 8.00. The van der Waals surface area contributed by atoms with E-state index in [1.165, 1.54) is 0 Å². The van der Waals surface area contributed by atoms with Gasteiger partial charge in [-0.05, 0) is 45.3 Å². The van der Waals surface area contributed by atoms with Crippen molar-refractivity contribution in [3.05, 3.63) is 41.1 Å². The number of carbonyl (C=O) groups excluding carboxylic acids is 1. The highest BCUT2D eigenvalue weighted by Gasteiger charge is 2.26. The number of hydrogen-bond donors (Lipinski definition) is 3. The van der Waals surface area contributed by atoms with Crippen molar-refractivity contribution in [1.82, 2.24) is 10.4 Å². The molecule has 0 aliphatic carbocycles. The average molecular weight is 341 g/mol. The lowest BCUT2D eigenvalue weighted by Crippen LogP contribution is -2.16. The summed E-state index contributed by atoms with van der Waals surface area (Å²) in [5, 5.41) is 14.1. The normalized spacial score (nSPS) is 15.9. The number of aryl methyl sites for hydroxylation is 1. The third-order valence-corrected chi connectivity index (χ3v) is 4.03. The van der Waals surface area contributed by atoms with Gasteiger partial charge in [-0.2, -0.15) is 0 Å². The van der Waals surface area contributed by atoms with Crippen molar-refractivity contribution in [1.29, 1.82) is 0 Å². The van der Waals surface area contributed by atoms with Crippen molar-refractivity contribution < 1.29 is 14.6 Å². The Morgan fingerprint density at radius 1 is 1.28 bits per heavy atom. The van der Waals surface area contributed by atoms with Crippen LogP contribution in [0.3, 0.4) is 0 Å². The third-order valence-electron chi connectivity index (χ3n) is 4.03. The number of aromatic amines is 1. The molecule has 6 heteroatoms. The molecule has 0 saturated carbocycles. The minimum absolute atomic E-state index is 0.0677. The zero-order chi connectivity index (χ0) is 17.8. The van der Waals surface area contributed by atoms with E-state index in [0.717, 1.165) is 41.4 Å². The van der Waals surface area contributed by atoms with E-state index < -0.39 is 0 Å². The van der Waals surface area contributed by atoms with E-state index >= 15 is 0 Å². The number of ether oxygens (including phenoxy) is 1. The number of carbonyl (C=O) groups is 1. The zero-order valence-corrected chi connectivity index (χ0v) is 14.5. The van der Waals surface area contributed by atoms with Gasteiger partial charge in [-0.25, -0.2) is 5.43 Å². The fourth-order valence-electron chi connectivity index (χ4n) is 2.90. The quantitative estimate of drug-likeness (QED) is 0.558. The third kappa shape index (κ3) is 3.74. The largest absolute Gasteiger partial charge is 0.473 e. The summed E-state index contributed by atoms with van der Waals surface area (Å²) in [6.45, 7) is 3.97. The molecule has 132 valence electrons. The fraction of sp³-hybridized carbons (Fsp3) is 0.368. The molecular weight excluding hydrogens is 318 g/mol. The summed E-state index contributed by atoms with van der Waals surface area (Å²) in [5.41, 5.74) is 5.95. The van der Waals surface area contributed by atoms with Crippen LogP contribution in [0.5, 0.6) is 0 Å². The highest BCUT2D eigenvalue weighted by Crippen LogP contribution is 2.27. The Bertz CT molecular complexity index is 834. The van der Waals surface area contributed by atoms with Crippen molar-refractivity contribution in [2.75, 3.05) is 6.61 Å². The number of aliphatic hydroxyl groups is 1. The van der Waals surface area contributed by atoms with Crippen LogP contribution in [0.4, 0.5) is 0 Å². The number of hydrogen-bond acceptors (Lipinski definition) is 4. The standard InChI is InChI=1S/C19H23N3O3/c1-12(2)25-19-15(18(24)21-22-19)11-14-13-7-3-4-8-16(13)20-17(14)9-5-6-10-23/h3-4,7-8,11-12,20,23H,5-6,9-10H2,1-2H3,(H,21,24). The second-order valence-electron chi connectivity index (χ2n) is 6.33. The van der Waals surface area contributed by atoms with Crippen molar-refractivity contribution in [3.8, 4) is 0 Å². The van der Waals surface area contributed by atoms with Gasteiger partial charge in [0, 0.05) is 28.8 Å². The van der Waals surface area contributed by atoms with Crippen molar-refractivity contribution in [2.24, 2.45) is 5.10 Å².